The number of thiazole rings is 1. The fourth-order valence-electron chi connectivity index (χ4n) is 4.43. The van der Waals surface area contributed by atoms with Crippen LogP contribution in [0.5, 0.6) is 0 Å². The first-order valence-corrected chi connectivity index (χ1v) is 14.6. The van der Waals surface area contributed by atoms with E-state index in [2.05, 4.69) is 20.3 Å². The van der Waals surface area contributed by atoms with Crippen LogP contribution < -0.4 is 5.32 Å². The highest BCUT2D eigenvalue weighted by Gasteiger charge is 2.22. The lowest BCUT2D eigenvalue weighted by atomic mass is 10.1. The molecule has 10 heteroatoms. The molecular weight excluding hydrogens is 504 g/mol. The largest absolute Gasteiger partial charge is 0.353 e. The molecule has 0 radical (unpaired) electrons. The quantitative estimate of drug-likeness (QED) is 0.343. The van der Waals surface area contributed by atoms with E-state index in [0.29, 0.717) is 18.5 Å². The van der Waals surface area contributed by atoms with Gasteiger partial charge >= 0.3 is 0 Å². The first kappa shape index (κ1) is 25.2. The fraction of sp³-hybridized carbons (Fsp3) is 0.296. The summed E-state index contributed by atoms with van der Waals surface area (Å²) in [5, 5.41) is 4.17. The van der Waals surface area contributed by atoms with E-state index in [0.717, 1.165) is 66.8 Å². The van der Waals surface area contributed by atoms with E-state index in [1.807, 2.05) is 52.8 Å². The van der Waals surface area contributed by atoms with Gasteiger partial charge in [-0.2, -0.15) is 0 Å². The third kappa shape index (κ3) is 5.30. The minimum Gasteiger partial charge on any atom is -0.353 e. The SMILES string of the molecule is CC1=Nc2c(Nc3ccc(-c4nc(C)c(C)s4)cc3S(C)(=O)=O)cc(Cc3cc(C)nc(C)n3)nc2C1. The number of pyridine rings is 1. The molecule has 0 bridgehead atoms. The smallest absolute Gasteiger partial charge is 0.177 e. The van der Waals surface area contributed by atoms with Crippen molar-refractivity contribution >= 4 is 43.9 Å². The van der Waals surface area contributed by atoms with Crippen LogP contribution in [0.2, 0.25) is 0 Å². The summed E-state index contributed by atoms with van der Waals surface area (Å²) in [7, 11) is -3.53. The third-order valence-corrected chi connectivity index (χ3v) is 8.41. The average molecular weight is 533 g/mol. The van der Waals surface area contributed by atoms with Crippen LogP contribution in [0, 0.1) is 27.7 Å². The first-order chi connectivity index (χ1) is 17.5. The minimum absolute atomic E-state index is 0.211. The highest BCUT2D eigenvalue weighted by Crippen LogP contribution is 2.39. The number of nitrogens with one attached hydrogen (secondary N) is 1. The number of benzene rings is 1. The van der Waals surface area contributed by atoms with Gasteiger partial charge in [0.2, 0.25) is 0 Å². The van der Waals surface area contributed by atoms with Gasteiger partial charge in [0.1, 0.15) is 16.5 Å². The van der Waals surface area contributed by atoms with Crippen molar-refractivity contribution in [2.24, 2.45) is 4.99 Å². The lowest BCUT2D eigenvalue weighted by Crippen LogP contribution is -2.06. The number of aromatic nitrogens is 4. The second-order valence-electron chi connectivity index (χ2n) is 9.47. The van der Waals surface area contributed by atoms with E-state index in [1.54, 1.807) is 23.5 Å². The molecule has 0 spiro atoms. The van der Waals surface area contributed by atoms with Crippen molar-refractivity contribution in [2.75, 3.05) is 11.6 Å². The Hall–Kier alpha value is -3.50. The van der Waals surface area contributed by atoms with E-state index in [4.69, 9.17) is 9.98 Å². The Balaban J connectivity index is 1.57. The Morgan fingerprint density at radius 3 is 2.35 bits per heavy atom. The zero-order valence-electron chi connectivity index (χ0n) is 21.7. The molecular formula is C27H28N6O2S2. The molecule has 3 aromatic heterocycles. The molecule has 1 aliphatic rings. The molecule has 0 fully saturated rings. The summed E-state index contributed by atoms with van der Waals surface area (Å²) < 4.78 is 25.7. The highest BCUT2D eigenvalue weighted by molar-refractivity contribution is 7.90. The molecule has 8 nitrogen and oxygen atoms in total. The summed E-state index contributed by atoms with van der Waals surface area (Å²) in [5.41, 5.74) is 8.12. The van der Waals surface area contributed by atoms with Crippen LogP contribution in [0.4, 0.5) is 17.1 Å². The Morgan fingerprint density at radius 1 is 0.919 bits per heavy atom. The second-order valence-corrected chi connectivity index (χ2v) is 12.7. The second kappa shape index (κ2) is 9.42. The van der Waals surface area contributed by atoms with Gasteiger partial charge in [0.05, 0.1) is 33.4 Å². The maximum atomic E-state index is 12.8. The van der Waals surface area contributed by atoms with Crippen LogP contribution in [-0.4, -0.2) is 40.3 Å². The Kier molecular flexibility index (Phi) is 6.41. The fourth-order valence-corrected chi connectivity index (χ4v) is 6.20. The lowest BCUT2D eigenvalue weighted by molar-refractivity contribution is 0.602. The summed E-state index contributed by atoms with van der Waals surface area (Å²) in [6.07, 6.45) is 2.41. The van der Waals surface area contributed by atoms with E-state index in [9.17, 15) is 8.42 Å². The number of fused-ring (bicyclic) bond motifs is 1. The van der Waals surface area contributed by atoms with Crippen molar-refractivity contribution in [3.05, 3.63) is 69.5 Å². The molecule has 4 heterocycles. The maximum absolute atomic E-state index is 12.8. The van der Waals surface area contributed by atoms with Gasteiger partial charge in [-0.05, 0) is 65.0 Å². The number of sulfone groups is 1. The molecule has 5 rings (SSSR count). The summed E-state index contributed by atoms with van der Waals surface area (Å²) in [4.78, 5) is 24.4. The van der Waals surface area contributed by atoms with Crippen LogP contribution >= 0.6 is 11.3 Å². The number of anilines is 2. The van der Waals surface area contributed by atoms with Gasteiger partial charge in [-0.1, -0.05) is 0 Å². The summed E-state index contributed by atoms with van der Waals surface area (Å²) in [6.45, 7) is 9.76. The molecule has 1 N–H and O–H groups in total. The zero-order valence-corrected chi connectivity index (χ0v) is 23.3. The average Bonchev–Trinajstić information content (AvgIpc) is 3.33. The topological polar surface area (TPSA) is 110 Å². The third-order valence-electron chi connectivity index (χ3n) is 6.15. The van der Waals surface area contributed by atoms with Gasteiger partial charge in [0.15, 0.2) is 9.84 Å². The molecule has 1 aromatic carbocycles. The Bertz CT molecular complexity index is 1650. The lowest BCUT2D eigenvalue weighted by Gasteiger charge is -2.15. The van der Waals surface area contributed by atoms with Crippen LogP contribution in [0.15, 0.2) is 40.2 Å². The predicted molar refractivity (Wildman–Crippen MR) is 148 cm³/mol. The van der Waals surface area contributed by atoms with Crippen molar-refractivity contribution in [3.8, 4) is 10.6 Å². The van der Waals surface area contributed by atoms with Crippen molar-refractivity contribution < 1.29 is 8.42 Å². The number of hydrogen-bond donors (Lipinski definition) is 1. The molecule has 0 aliphatic carbocycles. The number of aryl methyl sites for hydroxylation is 4. The summed E-state index contributed by atoms with van der Waals surface area (Å²) >= 11 is 1.56. The maximum Gasteiger partial charge on any atom is 0.177 e. The molecule has 4 aromatic rings. The van der Waals surface area contributed by atoms with E-state index in [-0.39, 0.29) is 4.90 Å². The van der Waals surface area contributed by atoms with Gasteiger partial charge in [-0.3, -0.25) is 9.98 Å². The van der Waals surface area contributed by atoms with Gasteiger partial charge in [0, 0.05) is 46.6 Å². The molecule has 0 atom stereocenters. The molecule has 0 saturated carbocycles. The predicted octanol–water partition coefficient (Wildman–Crippen LogP) is 5.62. The number of aliphatic imine (C=N–C) groups is 1. The van der Waals surface area contributed by atoms with Crippen molar-refractivity contribution in [2.45, 2.75) is 52.4 Å². The van der Waals surface area contributed by atoms with E-state index in [1.165, 1.54) is 6.26 Å². The molecule has 0 amide bonds. The van der Waals surface area contributed by atoms with Gasteiger partial charge in [0.25, 0.3) is 0 Å². The molecule has 1 aliphatic heterocycles. The molecule has 37 heavy (non-hydrogen) atoms. The number of rotatable bonds is 6. The van der Waals surface area contributed by atoms with Crippen LogP contribution in [0.1, 0.15) is 46.1 Å². The van der Waals surface area contributed by atoms with Crippen LogP contribution in [-0.2, 0) is 22.7 Å². The first-order valence-electron chi connectivity index (χ1n) is 11.9. The van der Waals surface area contributed by atoms with Crippen molar-refractivity contribution in [3.63, 3.8) is 0 Å². The van der Waals surface area contributed by atoms with Gasteiger partial charge in [-0.25, -0.2) is 23.4 Å². The zero-order chi connectivity index (χ0) is 26.5. The molecule has 190 valence electrons. The number of hydrogen-bond acceptors (Lipinski definition) is 9. The summed E-state index contributed by atoms with van der Waals surface area (Å²) in [5.74, 6) is 0.720. The van der Waals surface area contributed by atoms with Crippen LogP contribution in [0.3, 0.4) is 0 Å². The Labute approximate surface area is 220 Å². The van der Waals surface area contributed by atoms with Gasteiger partial charge < -0.3 is 5.32 Å². The normalized spacial score (nSPS) is 13.0. The van der Waals surface area contributed by atoms with E-state index >= 15 is 0 Å². The Morgan fingerprint density at radius 2 is 1.68 bits per heavy atom. The number of nitrogens with zero attached hydrogens (tertiary/aromatic N) is 5. The highest BCUT2D eigenvalue weighted by atomic mass is 32.2. The van der Waals surface area contributed by atoms with E-state index < -0.39 is 9.84 Å². The van der Waals surface area contributed by atoms with Crippen molar-refractivity contribution in [1.29, 1.82) is 0 Å². The molecule has 0 unspecified atom stereocenters. The minimum atomic E-state index is -3.53. The van der Waals surface area contributed by atoms with Crippen molar-refractivity contribution in [1.82, 2.24) is 19.9 Å². The molecule has 0 saturated heterocycles. The summed E-state index contributed by atoms with van der Waals surface area (Å²) in [6, 6.07) is 9.28. The monoisotopic (exact) mass is 532 g/mol. The van der Waals surface area contributed by atoms with Crippen LogP contribution in [0.25, 0.3) is 10.6 Å². The standard InChI is InChI=1S/C27H28N6O2S2/c1-14-9-20(31-18(5)28-14)12-21-13-24(26-23(32-21)10-15(2)29-26)33-22-8-7-19(11-25(22)37(6,34)35)27-30-16(3)17(4)36-27/h7-9,11,13H,10,12H2,1-6H3,(H,32,33). The van der Waals surface area contributed by atoms with Gasteiger partial charge in [-0.15, -0.1) is 11.3 Å².